The largest absolute Gasteiger partial charge is 0.573 e. The van der Waals surface area contributed by atoms with Gasteiger partial charge in [0.25, 0.3) is 0 Å². The zero-order chi connectivity index (χ0) is 15.0. The lowest BCUT2D eigenvalue weighted by atomic mass is 9.84. The number of hydrogen-bond acceptors (Lipinski definition) is 3. The van der Waals surface area contributed by atoms with E-state index in [1.54, 1.807) is 6.07 Å². The molecule has 2 rings (SSSR count). The van der Waals surface area contributed by atoms with E-state index in [1.165, 1.54) is 12.1 Å². The number of para-hydroxylation sites is 1. The normalized spacial score (nSPS) is 21.0. The van der Waals surface area contributed by atoms with E-state index in [4.69, 9.17) is 10.5 Å². The van der Waals surface area contributed by atoms with Crippen molar-refractivity contribution in [2.75, 3.05) is 0 Å². The molecule has 0 bridgehead atoms. The topological polar surface area (TPSA) is 44.5 Å². The van der Waals surface area contributed by atoms with Gasteiger partial charge in [-0.25, -0.2) is 0 Å². The predicted molar refractivity (Wildman–Crippen MR) is 68.6 cm³/mol. The van der Waals surface area contributed by atoms with Crippen LogP contribution in [0.25, 0.3) is 0 Å². The Bertz CT molecular complexity index is 484. The highest BCUT2D eigenvalue weighted by Gasteiger charge is 2.40. The fourth-order valence-electron chi connectivity index (χ4n) is 2.59. The number of hydrogen-bond donors (Lipinski definition) is 1. The molecular formula is C14H18F3NO2. The van der Waals surface area contributed by atoms with E-state index in [0.717, 1.165) is 0 Å². The first-order valence-electron chi connectivity index (χ1n) is 6.63. The Morgan fingerprint density at radius 1 is 1.35 bits per heavy atom. The molecule has 1 aromatic rings. The molecule has 112 valence electrons. The van der Waals surface area contributed by atoms with Crippen LogP contribution < -0.4 is 15.2 Å². The zero-order valence-electron chi connectivity index (χ0n) is 11.5. The quantitative estimate of drug-likeness (QED) is 0.917. The van der Waals surface area contributed by atoms with Gasteiger partial charge < -0.3 is 15.2 Å². The van der Waals surface area contributed by atoms with Gasteiger partial charge in [0, 0.05) is 18.0 Å². The lowest BCUT2D eigenvalue weighted by Gasteiger charge is -2.40. The summed E-state index contributed by atoms with van der Waals surface area (Å²) < 4.78 is 47.3. The Morgan fingerprint density at radius 3 is 2.55 bits per heavy atom. The molecule has 0 fully saturated rings. The Labute approximate surface area is 115 Å². The number of fused-ring (bicyclic) bond motifs is 1. The summed E-state index contributed by atoms with van der Waals surface area (Å²) >= 11 is 0. The van der Waals surface area contributed by atoms with Crippen LogP contribution in [0.5, 0.6) is 11.5 Å². The van der Waals surface area contributed by atoms with Gasteiger partial charge in [-0.3, -0.25) is 0 Å². The molecule has 0 aromatic heterocycles. The molecule has 0 saturated carbocycles. The van der Waals surface area contributed by atoms with Crippen molar-refractivity contribution >= 4 is 0 Å². The first-order chi connectivity index (χ1) is 9.30. The van der Waals surface area contributed by atoms with E-state index in [-0.39, 0.29) is 17.5 Å². The molecular weight excluding hydrogens is 271 g/mol. The fourth-order valence-corrected chi connectivity index (χ4v) is 2.59. The van der Waals surface area contributed by atoms with Crippen molar-refractivity contribution in [2.45, 2.75) is 51.1 Å². The average molecular weight is 289 g/mol. The lowest BCUT2D eigenvalue weighted by Crippen LogP contribution is -2.42. The van der Waals surface area contributed by atoms with E-state index in [1.807, 2.05) is 13.8 Å². The molecule has 3 nitrogen and oxygen atoms in total. The number of nitrogens with two attached hydrogens (primary N) is 1. The molecule has 20 heavy (non-hydrogen) atoms. The minimum atomic E-state index is -4.75. The first-order valence-corrected chi connectivity index (χ1v) is 6.63. The smallest absolute Gasteiger partial charge is 0.483 e. The highest BCUT2D eigenvalue weighted by Crippen LogP contribution is 2.47. The summed E-state index contributed by atoms with van der Waals surface area (Å²) in [5.41, 5.74) is 6.12. The predicted octanol–water partition coefficient (Wildman–Crippen LogP) is 3.93. The summed E-state index contributed by atoms with van der Waals surface area (Å²) in [4.78, 5) is 0. The van der Waals surface area contributed by atoms with Gasteiger partial charge in [0.2, 0.25) is 0 Å². The molecule has 0 aliphatic carbocycles. The first kappa shape index (κ1) is 15.0. The number of rotatable bonds is 3. The molecule has 6 heteroatoms. The van der Waals surface area contributed by atoms with E-state index in [0.29, 0.717) is 24.8 Å². The van der Waals surface area contributed by atoms with Gasteiger partial charge in [-0.2, -0.15) is 0 Å². The van der Waals surface area contributed by atoms with Gasteiger partial charge in [-0.15, -0.1) is 13.2 Å². The zero-order valence-corrected chi connectivity index (χ0v) is 11.5. The maximum atomic E-state index is 12.5. The maximum absolute atomic E-state index is 12.5. The Kier molecular flexibility index (Phi) is 3.86. The van der Waals surface area contributed by atoms with Crippen molar-refractivity contribution in [1.29, 1.82) is 0 Å². The third-order valence-electron chi connectivity index (χ3n) is 3.83. The van der Waals surface area contributed by atoms with Crippen LogP contribution in [0.2, 0.25) is 0 Å². The van der Waals surface area contributed by atoms with Crippen LogP contribution in [0.3, 0.4) is 0 Å². The molecule has 1 aliphatic heterocycles. The monoisotopic (exact) mass is 289 g/mol. The van der Waals surface area contributed by atoms with E-state index in [9.17, 15) is 13.2 Å². The summed E-state index contributed by atoms with van der Waals surface area (Å²) in [6.45, 7) is 3.88. The molecule has 1 aliphatic rings. The van der Waals surface area contributed by atoms with Crippen molar-refractivity contribution in [2.24, 2.45) is 5.73 Å². The molecule has 0 saturated heterocycles. The molecule has 1 atom stereocenters. The van der Waals surface area contributed by atoms with Crippen LogP contribution in [-0.4, -0.2) is 12.0 Å². The molecule has 0 radical (unpaired) electrons. The highest BCUT2D eigenvalue weighted by molar-refractivity contribution is 5.50. The number of benzene rings is 1. The highest BCUT2D eigenvalue weighted by atomic mass is 19.4. The van der Waals surface area contributed by atoms with Crippen LogP contribution >= 0.6 is 0 Å². The second-order valence-electron chi connectivity index (χ2n) is 5.03. The fraction of sp³-hybridized carbons (Fsp3) is 0.571. The van der Waals surface area contributed by atoms with Crippen molar-refractivity contribution in [3.8, 4) is 11.5 Å². The van der Waals surface area contributed by atoms with Crippen LogP contribution in [-0.2, 0) is 0 Å². The lowest BCUT2D eigenvalue weighted by molar-refractivity contribution is -0.275. The average Bonchev–Trinajstić information content (AvgIpc) is 2.38. The van der Waals surface area contributed by atoms with Gasteiger partial charge in [-0.1, -0.05) is 26.0 Å². The van der Waals surface area contributed by atoms with Gasteiger partial charge >= 0.3 is 6.36 Å². The maximum Gasteiger partial charge on any atom is 0.573 e. The summed E-state index contributed by atoms with van der Waals surface area (Å²) in [5, 5.41) is 0. The van der Waals surface area contributed by atoms with E-state index in [2.05, 4.69) is 4.74 Å². The van der Waals surface area contributed by atoms with Crippen molar-refractivity contribution in [3.63, 3.8) is 0 Å². The van der Waals surface area contributed by atoms with Crippen LogP contribution in [0.15, 0.2) is 18.2 Å². The molecule has 1 heterocycles. The third-order valence-corrected chi connectivity index (χ3v) is 3.83. The second-order valence-corrected chi connectivity index (χ2v) is 5.03. The van der Waals surface area contributed by atoms with Crippen molar-refractivity contribution in [1.82, 2.24) is 0 Å². The van der Waals surface area contributed by atoms with Gasteiger partial charge in [0.15, 0.2) is 11.5 Å². The standard InChI is InChI=1S/C14H18F3NO2/c1-3-13(4-2)8-10(18)9-6-5-7-11(12(9)20-13)19-14(15,16)17/h5-7,10H,3-4,8,18H2,1-2H3. The Balaban J connectivity index is 2.44. The van der Waals surface area contributed by atoms with Crippen molar-refractivity contribution < 1.29 is 22.6 Å². The molecule has 1 aromatic carbocycles. The van der Waals surface area contributed by atoms with E-state index < -0.39 is 12.0 Å². The SMILES string of the molecule is CCC1(CC)CC(N)c2cccc(OC(F)(F)F)c2O1. The van der Waals surface area contributed by atoms with Gasteiger partial charge in [0.1, 0.15) is 5.60 Å². The summed E-state index contributed by atoms with van der Waals surface area (Å²) in [6, 6.07) is 4.07. The molecule has 2 N–H and O–H groups in total. The molecule has 0 amide bonds. The molecule has 0 spiro atoms. The Morgan fingerprint density at radius 2 is 2.00 bits per heavy atom. The van der Waals surface area contributed by atoms with Gasteiger partial charge in [-0.05, 0) is 18.9 Å². The van der Waals surface area contributed by atoms with Crippen LogP contribution in [0.1, 0.15) is 44.7 Å². The third kappa shape index (κ3) is 2.85. The summed E-state index contributed by atoms with van der Waals surface area (Å²) in [7, 11) is 0. The van der Waals surface area contributed by atoms with Crippen LogP contribution in [0, 0.1) is 0 Å². The second kappa shape index (κ2) is 5.16. The van der Waals surface area contributed by atoms with Crippen molar-refractivity contribution in [3.05, 3.63) is 23.8 Å². The molecule has 1 unspecified atom stereocenters. The number of ether oxygens (including phenoxy) is 2. The van der Waals surface area contributed by atoms with E-state index >= 15 is 0 Å². The Hall–Kier alpha value is -1.43. The number of alkyl halides is 3. The number of halogens is 3. The van der Waals surface area contributed by atoms with Crippen LogP contribution in [0.4, 0.5) is 13.2 Å². The minimum Gasteiger partial charge on any atom is -0.483 e. The summed E-state index contributed by atoms with van der Waals surface area (Å²) in [6.07, 6.45) is -2.81. The van der Waals surface area contributed by atoms with Gasteiger partial charge in [0.05, 0.1) is 0 Å². The minimum absolute atomic E-state index is 0.118. The summed E-state index contributed by atoms with van der Waals surface area (Å²) in [5.74, 6) is -0.205.